The summed E-state index contributed by atoms with van der Waals surface area (Å²) in [5.41, 5.74) is 3.15. The third-order valence-electron chi connectivity index (χ3n) is 4.31. The average molecular weight is 391 g/mol. The molecule has 0 aliphatic carbocycles. The Balaban J connectivity index is 1.98. The number of carbonyl (C=O) groups is 1. The molecule has 1 amide bonds. The van der Waals surface area contributed by atoms with E-state index in [2.05, 4.69) is 11.6 Å². The molecular formula is C19H22N2O3S2. The van der Waals surface area contributed by atoms with Crippen LogP contribution in [0.2, 0.25) is 0 Å². The third-order valence-corrected chi connectivity index (χ3v) is 6.82. The Hall–Kier alpha value is -1.99. The van der Waals surface area contributed by atoms with Gasteiger partial charge in [-0.05, 0) is 43.7 Å². The van der Waals surface area contributed by atoms with Crippen LogP contribution in [0.3, 0.4) is 0 Å². The summed E-state index contributed by atoms with van der Waals surface area (Å²) in [6.45, 7) is 7.95. The van der Waals surface area contributed by atoms with Gasteiger partial charge in [0.1, 0.15) is 0 Å². The van der Waals surface area contributed by atoms with Crippen LogP contribution < -0.4 is 9.62 Å². The van der Waals surface area contributed by atoms with E-state index in [4.69, 9.17) is 0 Å². The second kappa shape index (κ2) is 6.96. The van der Waals surface area contributed by atoms with Crippen molar-refractivity contribution in [2.45, 2.75) is 42.7 Å². The predicted octanol–water partition coefficient (Wildman–Crippen LogP) is 3.95. The smallest absolute Gasteiger partial charge is 0.261 e. The maximum absolute atomic E-state index is 12.8. The molecule has 1 heterocycles. The van der Waals surface area contributed by atoms with E-state index in [1.807, 2.05) is 26.0 Å². The molecule has 26 heavy (non-hydrogen) atoms. The second-order valence-electron chi connectivity index (χ2n) is 6.61. The fraction of sp³-hybridized carbons (Fsp3) is 0.316. The summed E-state index contributed by atoms with van der Waals surface area (Å²) in [6.07, 6.45) is 0. The maximum Gasteiger partial charge on any atom is 0.261 e. The maximum atomic E-state index is 12.8. The van der Waals surface area contributed by atoms with Crippen molar-refractivity contribution in [1.29, 1.82) is 0 Å². The lowest BCUT2D eigenvalue weighted by atomic mass is 10.1. The van der Waals surface area contributed by atoms with E-state index >= 15 is 0 Å². The molecule has 0 bridgehead atoms. The summed E-state index contributed by atoms with van der Waals surface area (Å²) in [6, 6.07) is 10.5. The van der Waals surface area contributed by atoms with Gasteiger partial charge in [0.05, 0.1) is 16.3 Å². The quantitative estimate of drug-likeness (QED) is 0.862. The van der Waals surface area contributed by atoms with E-state index in [0.29, 0.717) is 17.9 Å². The summed E-state index contributed by atoms with van der Waals surface area (Å²) >= 11 is 1.65. The fourth-order valence-corrected chi connectivity index (χ4v) is 5.26. The first-order valence-electron chi connectivity index (χ1n) is 8.36. The van der Waals surface area contributed by atoms with Crippen LogP contribution in [-0.2, 0) is 14.8 Å². The van der Waals surface area contributed by atoms with Crippen LogP contribution in [0, 0.1) is 13.8 Å². The van der Waals surface area contributed by atoms with Crippen molar-refractivity contribution in [2.24, 2.45) is 0 Å². The molecule has 3 rings (SSSR count). The van der Waals surface area contributed by atoms with E-state index in [1.54, 1.807) is 40.9 Å². The van der Waals surface area contributed by atoms with Crippen molar-refractivity contribution >= 4 is 39.1 Å². The minimum Gasteiger partial charge on any atom is -0.310 e. The number of aryl methyl sites for hydroxylation is 2. The molecule has 5 nitrogen and oxygen atoms in total. The van der Waals surface area contributed by atoms with Crippen molar-refractivity contribution in [2.75, 3.05) is 16.2 Å². The molecule has 1 atom stereocenters. The van der Waals surface area contributed by atoms with E-state index in [-0.39, 0.29) is 16.1 Å². The Morgan fingerprint density at radius 2 is 1.92 bits per heavy atom. The number of amides is 1. The van der Waals surface area contributed by atoms with Crippen molar-refractivity contribution in [3.05, 3.63) is 47.5 Å². The Labute approximate surface area is 158 Å². The third kappa shape index (κ3) is 3.73. The number of anilines is 2. The highest BCUT2D eigenvalue weighted by molar-refractivity contribution is 8.00. The summed E-state index contributed by atoms with van der Waals surface area (Å²) in [5.74, 6) is -0.0877. The van der Waals surface area contributed by atoms with Crippen LogP contribution in [0.1, 0.15) is 25.0 Å². The summed E-state index contributed by atoms with van der Waals surface area (Å²) in [5, 5.41) is 0.266. The van der Waals surface area contributed by atoms with Gasteiger partial charge >= 0.3 is 0 Å². The first kappa shape index (κ1) is 18.8. The molecule has 1 aliphatic rings. The molecule has 0 saturated heterocycles. The van der Waals surface area contributed by atoms with Gasteiger partial charge in [-0.2, -0.15) is 0 Å². The van der Waals surface area contributed by atoms with Gasteiger partial charge in [0.25, 0.3) is 10.0 Å². The van der Waals surface area contributed by atoms with Crippen molar-refractivity contribution < 1.29 is 13.2 Å². The molecule has 1 aliphatic heterocycles. The fourth-order valence-electron chi connectivity index (χ4n) is 3.01. The van der Waals surface area contributed by atoms with Crippen LogP contribution in [0.4, 0.5) is 11.4 Å². The van der Waals surface area contributed by atoms with Gasteiger partial charge in [-0.1, -0.05) is 24.6 Å². The van der Waals surface area contributed by atoms with Gasteiger partial charge in [0.15, 0.2) is 0 Å². The van der Waals surface area contributed by atoms with Gasteiger partial charge in [0, 0.05) is 23.6 Å². The Bertz CT molecular complexity index is 971. The summed E-state index contributed by atoms with van der Waals surface area (Å²) in [7, 11) is -3.74. The van der Waals surface area contributed by atoms with Gasteiger partial charge in [-0.15, -0.1) is 11.8 Å². The number of benzene rings is 2. The molecule has 2 aromatic carbocycles. The molecule has 0 saturated carbocycles. The van der Waals surface area contributed by atoms with Gasteiger partial charge in [-0.3, -0.25) is 9.52 Å². The first-order valence-corrected chi connectivity index (χ1v) is 10.7. The molecule has 0 unspecified atom stereocenters. The molecule has 0 radical (unpaired) electrons. The molecule has 138 valence electrons. The average Bonchev–Trinajstić information content (AvgIpc) is 2.56. The lowest BCUT2D eigenvalue weighted by molar-refractivity contribution is -0.116. The number of thioether (sulfide) groups is 1. The van der Waals surface area contributed by atoms with Crippen LogP contribution >= 0.6 is 11.8 Å². The SMILES string of the molecule is CC(=O)N1C[C@H](C)Sc2ccc(S(=O)(=O)Nc3ccc(C)cc3C)cc21. The molecule has 0 aromatic heterocycles. The lowest BCUT2D eigenvalue weighted by Crippen LogP contribution is -2.37. The Kier molecular flexibility index (Phi) is 5.03. The first-order chi connectivity index (χ1) is 12.2. The Morgan fingerprint density at radius 1 is 1.19 bits per heavy atom. The van der Waals surface area contributed by atoms with Crippen molar-refractivity contribution in [1.82, 2.24) is 0 Å². The number of hydrogen-bond acceptors (Lipinski definition) is 4. The zero-order valence-electron chi connectivity index (χ0n) is 15.2. The highest BCUT2D eigenvalue weighted by Gasteiger charge is 2.27. The zero-order valence-corrected chi connectivity index (χ0v) is 16.9. The largest absolute Gasteiger partial charge is 0.310 e. The van der Waals surface area contributed by atoms with Gasteiger partial charge < -0.3 is 4.90 Å². The highest BCUT2D eigenvalue weighted by atomic mass is 32.2. The minimum atomic E-state index is -3.74. The number of rotatable bonds is 3. The summed E-state index contributed by atoms with van der Waals surface area (Å²) < 4.78 is 28.3. The minimum absolute atomic E-state index is 0.0877. The Morgan fingerprint density at radius 3 is 2.58 bits per heavy atom. The number of hydrogen-bond donors (Lipinski definition) is 1. The van der Waals surface area contributed by atoms with Crippen molar-refractivity contribution in [3.63, 3.8) is 0 Å². The molecule has 0 fully saturated rings. The second-order valence-corrected chi connectivity index (χ2v) is 9.77. The van der Waals surface area contributed by atoms with Crippen LogP contribution in [-0.4, -0.2) is 26.1 Å². The van der Waals surface area contributed by atoms with Crippen molar-refractivity contribution in [3.8, 4) is 0 Å². The monoisotopic (exact) mass is 390 g/mol. The van der Waals surface area contributed by atoms with Crippen LogP contribution in [0.25, 0.3) is 0 Å². The number of nitrogens with one attached hydrogen (secondary N) is 1. The topological polar surface area (TPSA) is 66.5 Å². The lowest BCUT2D eigenvalue weighted by Gasteiger charge is -2.32. The van der Waals surface area contributed by atoms with E-state index in [9.17, 15) is 13.2 Å². The molecule has 2 aromatic rings. The normalized spacial score (nSPS) is 16.9. The number of carbonyl (C=O) groups excluding carboxylic acids is 1. The highest BCUT2D eigenvalue weighted by Crippen LogP contribution is 2.40. The van der Waals surface area contributed by atoms with E-state index < -0.39 is 10.0 Å². The van der Waals surface area contributed by atoms with Gasteiger partial charge in [0.2, 0.25) is 5.91 Å². The predicted molar refractivity (Wildman–Crippen MR) is 107 cm³/mol. The molecule has 0 spiro atoms. The standard InChI is InChI=1S/C19H22N2O3S2/c1-12-5-7-17(13(2)9-12)20-26(23,24)16-6-8-19-18(10-16)21(15(4)22)11-14(3)25-19/h5-10,14,20H,11H2,1-4H3/t14-/m0/s1. The van der Waals surface area contributed by atoms with E-state index in [1.165, 1.54) is 6.92 Å². The molecular weight excluding hydrogens is 368 g/mol. The van der Waals surface area contributed by atoms with Crippen LogP contribution in [0.5, 0.6) is 0 Å². The van der Waals surface area contributed by atoms with E-state index in [0.717, 1.165) is 16.0 Å². The number of nitrogens with zero attached hydrogens (tertiary/aromatic N) is 1. The molecule has 1 N–H and O–H groups in total. The number of sulfonamides is 1. The zero-order chi connectivity index (χ0) is 19.1. The summed E-state index contributed by atoms with van der Waals surface area (Å²) in [4.78, 5) is 14.7. The van der Waals surface area contributed by atoms with Crippen LogP contribution in [0.15, 0.2) is 46.2 Å². The molecule has 7 heteroatoms. The van der Waals surface area contributed by atoms with Gasteiger partial charge in [-0.25, -0.2) is 8.42 Å². The number of fused-ring (bicyclic) bond motifs is 1.